The van der Waals surface area contributed by atoms with Crippen LogP contribution in [0.2, 0.25) is 10.0 Å². The minimum Gasteiger partial charge on any atom is -0.459 e. The first-order chi connectivity index (χ1) is 13.9. The van der Waals surface area contributed by atoms with Gasteiger partial charge in [0, 0.05) is 26.2 Å². The molecule has 1 amide bonds. The van der Waals surface area contributed by atoms with Gasteiger partial charge in [0.25, 0.3) is 0 Å². The summed E-state index contributed by atoms with van der Waals surface area (Å²) in [4.78, 5) is 12.0. The summed E-state index contributed by atoms with van der Waals surface area (Å²) in [5.74, 6) is 1.08. The molecule has 1 heterocycles. The van der Waals surface area contributed by atoms with Crippen molar-refractivity contribution < 1.29 is 9.21 Å². The van der Waals surface area contributed by atoms with Crippen LogP contribution >= 0.6 is 51.3 Å². The third-order valence-corrected chi connectivity index (χ3v) is 5.16. The highest BCUT2D eigenvalue weighted by atomic mass is 79.9. The van der Waals surface area contributed by atoms with E-state index in [1.807, 2.05) is 36.4 Å². The van der Waals surface area contributed by atoms with E-state index in [0.717, 1.165) is 15.8 Å². The van der Waals surface area contributed by atoms with Gasteiger partial charge < -0.3 is 9.73 Å². The van der Waals surface area contributed by atoms with Crippen LogP contribution in [-0.4, -0.2) is 11.0 Å². The zero-order valence-electron chi connectivity index (χ0n) is 14.9. The van der Waals surface area contributed by atoms with Gasteiger partial charge in [-0.3, -0.25) is 10.1 Å². The van der Waals surface area contributed by atoms with Crippen LogP contribution < -0.4 is 10.6 Å². The molecule has 2 aromatic carbocycles. The van der Waals surface area contributed by atoms with Gasteiger partial charge in [-0.25, -0.2) is 0 Å². The monoisotopic (exact) mass is 508 g/mol. The molecule has 0 spiro atoms. The number of amides is 1. The van der Waals surface area contributed by atoms with E-state index in [1.54, 1.807) is 24.3 Å². The molecule has 0 saturated carbocycles. The van der Waals surface area contributed by atoms with Crippen LogP contribution in [0.1, 0.15) is 11.3 Å². The topological polar surface area (TPSA) is 54.3 Å². The van der Waals surface area contributed by atoms with E-state index in [1.165, 1.54) is 6.08 Å². The number of hydrogen-bond donors (Lipinski definition) is 2. The lowest BCUT2D eigenvalue weighted by Gasteiger charge is -2.06. The van der Waals surface area contributed by atoms with Gasteiger partial charge in [0.15, 0.2) is 5.11 Å². The average molecular weight is 510 g/mol. The largest absolute Gasteiger partial charge is 0.459 e. The molecule has 4 nitrogen and oxygen atoms in total. The predicted molar refractivity (Wildman–Crippen MR) is 125 cm³/mol. The van der Waals surface area contributed by atoms with Crippen molar-refractivity contribution in [2.75, 3.05) is 0 Å². The average Bonchev–Trinajstić information content (AvgIpc) is 3.15. The Kier molecular flexibility index (Phi) is 7.50. The van der Waals surface area contributed by atoms with Gasteiger partial charge in [-0.15, -0.1) is 0 Å². The van der Waals surface area contributed by atoms with Crippen molar-refractivity contribution in [2.45, 2.75) is 6.54 Å². The van der Waals surface area contributed by atoms with Crippen LogP contribution in [-0.2, 0) is 11.3 Å². The van der Waals surface area contributed by atoms with Crippen LogP contribution in [0.5, 0.6) is 0 Å². The van der Waals surface area contributed by atoms with Gasteiger partial charge in [0.1, 0.15) is 11.5 Å². The number of halogens is 3. The lowest BCUT2D eigenvalue weighted by Crippen LogP contribution is -2.37. The first-order valence-electron chi connectivity index (χ1n) is 8.47. The Morgan fingerprint density at radius 2 is 1.86 bits per heavy atom. The zero-order valence-corrected chi connectivity index (χ0v) is 18.8. The van der Waals surface area contributed by atoms with E-state index in [-0.39, 0.29) is 11.0 Å². The van der Waals surface area contributed by atoms with Crippen LogP contribution in [0.4, 0.5) is 0 Å². The lowest BCUT2D eigenvalue weighted by molar-refractivity contribution is -0.115. The summed E-state index contributed by atoms with van der Waals surface area (Å²) in [7, 11) is 0. The van der Waals surface area contributed by atoms with Crippen LogP contribution in [0.25, 0.3) is 17.4 Å². The molecule has 0 aliphatic heterocycles. The van der Waals surface area contributed by atoms with Gasteiger partial charge in [-0.2, -0.15) is 0 Å². The molecule has 3 rings (SSSR count). The van der Waals surface area contributed by atoms with Gasteiger partial charge in [0.05, 0.1) is 6.54 Å². The van der Waals surface area contributed by atoms with Crippen molar-refractivity contribution in [1.29, 1.82) is 0 Å². The summed E-state index contributed by atoms with van der Waals surface area (Å²) in [5, 5.41) is 6.70. The summed E-state index contributed by atoms with van der Waals surface area (Å²) in [6.07, 6.45) is 2.94. The van der Waals surface area contributed by atoms with Crippen LogP contribution in [0.15, 0.2) is 69.6 Å². The summed E-state index contributed by atoms with van der Waals surface area (Å²) >= 11 is 20.5. The zero-order chi connectivity index (χ0) is 20.8. The fourth-order valence-electron chi connectivity index (χ4n) is 2.41. The number of furan rings is 1. The second kappa shape index (κ2) is 10.1. The molecule has 8 heteroatoms. The number of rotatable bonds is 5. The fraction of sp³-hybridized carbons (Fsp3) is 0.0476. The summed E-state index contributed by atoms with van der Waals surface area (Å²) in [5.41, 5.74) is 1.66. The maximum absolute atomic E-state index is 12.0. The first kappa shape index (κ1) is 21.6. The molecule has 0 radical (unpaired) electrons. The second-order valence-electron chi connectivity index (χ2n) is 5.94. The van der Waals surface area contributed by atoms with Gasteiger partial charge in [-0.1, -0.05) is 57.3 Å². The van der Waals surface area contributed by atoms with Crippen LogP contribution in [0.3, 0.4) is 0 Å². The van der Waals surface area contributed by atoms with E-state index in [9.17, 15) is 4.79 Å². The number of carbonyl (C=O) groups excluding carboxylic acids is 1. The SMILES string of the molecule is O=C(/C=C/c1ccc(Cl)cc1Cl)NC(=S)NCc1ccc(-c2ccc(Br)cc2)o1. The summed E-state index contributed by atoms with van der Waals surface area (Å²) in [6, 6.07) is 16.6. The minimum absolute atomic E-state index is 0.198. The van der Waals surface area contributed by atoms with E-state index in [2.05, 4.69) is 26.6 Å². The number of carbonyl (C=O) groups is 1. The van der Waals surface area contributed by atoms with Gasteiger partial charge in [0.2, 0.25) is 5.91 Å². The summed E-state index contributed by atoms with van der Waals surface area (Å²) < 4.78 is 6.81. The Morgan fingerprint density at radius 3 is 2.59 bits per heavy atom. The third-order valence-electron chi connectivity index (χ3n) is 3.83. The molecule has 0 unspecified atom stereocenters. The van der Waals surface area contributed by atoms with E-state index >= 15 is 0 Å². The summed E-state index contributed by atoms with van der Waals surface area (Å²) in [6.45, 7) is 0.350. The predicted octanol–water partition coefficient (Wildman–Crippen LogP) is 6.22. The van der Waals surface area contributed by atoms with E-state index < -0.39 is 0 Å². The van der Waals surface area contributed by atoms with Crippen molar-refractivity contribution in [3.63, 3.8) is 0 Å². The standard InChI is InChI=1S/C21H15BrCl2N2O2S/c22-15-5-1-14(2-6-15)19-9-8-17(28-19)12-25-21(29)26-20(27)10-4-13-3-7-16(23)11-18(13)24/h1-11H,12H2,(H2,25,26,27,29)/b10-4+. The number of thiocarbonyl (C=S) groups is 1. The van der Waals surface area contributed by atoms with E-state index in [0.29, 0.717) is 27.9 Å². The smallest absolute Gasteiger partial charge is 0.250 e. The highest BCUT2D eigenvalue weighted by molar-refractivity contribution is 9.10. The van der Waals surface area contributed by atoms with Crippen LogP contribution in [0, 0.1) is 0 Å². The molecule has 148 valence electrons. The van der Waals surface area contributed by atoms with E-state index in [4.69, 9.17) is 39.8 Å². The molecule has 2 N–H and O–H groups in total. The Morgan fingerprint density at radius 1 is 1.10 bits per heavy atom. The number of hydrogen-bond acceptors (Lipinski definition) is 3. The van der Waals surface area contributed by atoms with Crippen molar-refractivity contribution in [1.82, 2.24) is 10.6 Å². The van der Waals surface area contributed by atoms with Crippen molar-refractivity contribution in [2.24, 2.45) is 0 Å². The van der Waals surface area contributed by atoms with Crippen molar-refractivity contribution in [3.05, 3.63) is 86.5 Å². The molecule has 0 bridgehead atoms. The molecule has 0 aliphatic rings. The molecular weight excluding hydrogens is 495 g/mol. The minimum atomic E-state index is -0.372. The second-order valence-corrected chi connectivity index (χ2v) is 8.11. The number of nitrogens with one attached hydrogen (secondary N) is 2. The molecule has 0 saturated heterocycles. The highest BCUT2D eigenvalue weighted by Gasteiger charge is 2.07. The first-order valence-corrected chi connectivity index (χ1v) is 10.4. The van der Waals surface area contributed by atoms with Crippen molar-refractivity contribution in [3.8, 4) is 11.3 Å². The Hall–Kier alpha value is -2.12. The Bertz CT molecular complexity index is 1060. The molecule has 0 fully saturated rings. The number of benzene rings is 2. The maximum Gasteiger partial charge on any atom is 0.250 e. The molecule has 3 aromatic rings. The van der Waals surface area contributed by atoms with Gasteiger partial charge in [-0.05, 0) is 60.3 Å². The molecule has 0 aliphatic carbocycles. The normalized spacial score (nSPS) is 10.9. The molecule has 29 heavy (non-hydrogen) atoms. The van der Waals surface area contributed by atoms with Gasteiger partial charge >= 0.3 is 0 Å². The maximum atomic E-state index is 12.0. The Labute approximate surface area is 192 Å². The van der Waals surface area contributed by atoms with Crippen molar-refractivity contribution >= 4 is 68.4 Å². The molecule has 0 atom stereocenters. The Balaban J connectivity index is 1.50. The third kappa shape index (κ3) is 6.44. The quantitative estimate of drug-likeness (QED) is 0.316. The fourth-order valence-corrected chi connectivity index (χ4v) is 3.32. The lowest BCUT2D eigenvalue weighted by atomic mass is 10.2. The molecule has 1 aromatic heterocycles. The highest BCUT2D eigenvalue weighted by Crippen LogP contribution is 2.24. The molecular formula is C21H15BrCl2N2O2S.